The summed E-state index contributed by atoms with van der Waals surface area (Å²) in [4.78, 5) is 2.44. The first-order chi connectivity index (χ1) is 25.8. The Balaban J connectivity index is 1.22. The molecule has 52 heavy (non-hydrogen) atoms. The molecule has 0 fully saturated rings. The second-order valence-electron chi connectivity index (χ2n) is 13.4. The van der Waals surface area contributed by atoms with Gasteiger partial charge in [-0.05, 0) is 92.8 Å². The molecule has 0 unspecified atom stereocenters. The Morgan fingerprint density at radius 2 is 0.865 bits per heavy atom. The highest BCUT2D eigenvalue weighted by Crippen LogP contribution is 2.44. The van der Waals surface area contributed by atoms with Crippen LogP contribution < -0.4 is 4.90 Å². The standard InChI is InChI=1S/C50H34N2/c1-3-13-35(14-4-1)39-26-32-44(36-15-5-2-6-16-36)50(33-39)51(42-27-25-38-24-23-37-17-7-8-18-43(37)47(38)34-42)40-28-30-41(31-29-40)52-48-21-11-9-19-45(48)46-20-10-12-22-49(46)52/h1-34H. The minimum Gasteiger partial charge on any atom is -0.310 e. The fourth-order valence-electron chi connectivity index (χ4n) is 7.90. The monoisotopic (exact) mass is 662 g/mol. The Hall–Kier alpha value is -6.90. The zero-order valence-electron chi connectivity index (χ0n) is 28.5. The Morgan fingerprint density at radius 3 is 1.56 bits per heavy atom. The van der Waals surface area contributed by atoms with E-state index in [-0.39, 0.29) is 0 Å². The number of rotatable bonds is 6. The summed E-state index contributed by atoms with van der Waals surface area (Å²) < 4.78 is 2.38. The number of benzene rings is 9. The number of nitrogens with zero attached hydrogens (tertiary/aromatic N) is 2. The summed E-state index contributed by atoms with van der Waals surface area (Å²) >= 11 is 0. The van der Waals surface area contributed by atoms with Gasteiger partial charge >= 0.3 is 0 Å². The first-order valence-electron chi connectivity index (χ1n) is 17.9. The van der Waals surface area contributed by atoms with Gasteiger partial charge in [0.25, 0.3) is 0 Å². The summed E-state index contributed by atoms with van der Waals surface area (Å²) in [5.41, 5.74) is 11.6. The van der Waals surface area contributed by atoms with Crippen LogP contribution >= 0.6 is 0 Å². The predicted molar refractivity (Wildman–Crippen MR) is 221 cm³/mol. The first-order valence-corrected chi connectivity index (χ1v) is 17.9. The average Bonchev–Trinajstić information content (AvgIpc) is 3.56. The molecule has 244 valence electrons. The van der Waals surface area contributed by atoms with Crippen molar-refractivity contribution in [2.24, 2.45) is 0 Å². The second kappa shape index (κ2) is 12.5. The van der Waals surface area contributed by atoms with Crippen molar-refractivity contribution in [3.8, 4) is 27.9 Å². The molecule has 10 aromatic rings. The van der Waals surface area contributed by atoms with E-state index < -0.39 is 0 Å². The molecule has 0 N–H and O–H groups in total. The van der Waals surface area contributed by atoms with Gasteiger partial charge in [0.15, 0.2) is 0 Å². The summed E-state index contributed by atoms with van der Waals surface area (Å²) in [5, 5.41) is 7.48. The zero-order valence-corrected chi connectivity index (χ0v) is 28.5. The fourth-order valence-corrected chi connectivity index (χ4v) is 7.90. The van der Waals surface area contributed by atoms with Crippen molar-refractivity contribution >= 4 is 60.4 Å². The molecule has 0 spiro atoms. The van der Waals surface area contributed by atoms with Crippen LogP contribution in [0.5, 0.6) is 0 Å². The topological polar surface area (TPSA) is 8.17 Å². The molecule has 0 aliphatic carbocycles. The molecule has 2 heteroatoms. The van der Waals surface area contributed by atoms with Crippen LogP contribution in [0, 0.1) is 0 Å². The SMILES string of the molecule is c1ccc(-c2ccc(-c3ccccc3)c(N(c3ccc(-n4c5ccccc5c5ccccc54)cc3)c3ccc4ccc5ccccc5c4c3)c2)cc1. The van der Waals surface area contributed by atoms with Gasteiger partial charge in [0.05, 0.1) is 16.7 Å². The minimum atomic E-state index is 1.09. The molecule has 0 radical (unpaired) electrons. The van der Waals surface area contributed by atoms with E-state index in [1.807, 2.05) is 0 Å². The molecule has 0 aliphatic heterocycles. The summed E-state index contributed by atoms with van der Waals surface area (Å²) in [7, 11) is 0. The molecule has 0 saturated heterocycles. The highest BCUT2D eigenvalue weighted by molar-refractivity contribution is 6.10. The molecule has 0 bridgehead atoms. The van der Waals surface area contributed by atoms with Crippen LogP contribution in [0.3, 0.4) is 0 Å². The largest absolute Gasteiger partial charge is 0.310 e. The lowest BCUT2D eigenvalue weighted by atomic mass is 9.96. The van der Waals surface area contributed by atoms with Crippen molar-refractivity contribution in [3.63, 3.8) is 0 Å². The third kappa shape index (κ3) is 5.04. The lowest BCUT2D eigenvalue weighted by Crippen LogP contribution is -2.12. The third-order valence-corrected chi connectivity index (χ3v) is 10.4. The average molecular weight is 663 g/mol. The van der Waals surface area contributed by atoms with Gasteiger partial charge < -0.3 is 9.47 Å². The summed E-state index contributed by atoms with van der Waals surface area (Å²) in [6.45, 7) is 0. The Labute approximate surface area is 303 Å². The van der Waals surface area contributed by atoms with Gasteiger partial charge in [0.1, 0.15) is 0 Å². The molecular weight excluding hydrogens is 629 g/mol. The van der Waals surface area contributed by atoms with Gasteiger partial charge in [0, 0.05) is 33.4 Å². The minimum absolute atomic E-state index is 1.09. The number of aromatic nitrogens is 1. The maximum Gasteiger partial charge on any atom is 0.0546 e. The molecule has 2 nitrogen and oxygen atoms in total. The van der Waals surface area contributed by atoms with E-state index in [4.69, 9.17) is 0 Å². The van der Waals surface area contributed by atoms with Gasteiger partial charge in [-0.1, -0.05) is 152 Å². The van der Waals surface area contributed by atoms with Gasteiger partial charge in [-0.2, -0.15) is 0 Å². The summed E-state index contributed by atoms with van der Waals surface area (Å²) in [6, 6.07) is 74.8. The predicted octanol–water partition coefficient (Wildman–Crippen LogP) is 13.9. The van der Waals surface area contributed by atoms with Crippen molar-refractivity contribution in [2.75, 3.05) is 4.90 Å². The second-order valence-corrected chi connectivity index (χ2v) is 13.4. The molecular formula is C50H34N2. The molecule has 0 amide bonds. The molecule has 0 atom stereocenters. The summed E-state index contributed by atoms with van der Waals surface area (Å²) in [5.74, 6) is 0. The summed E-state index contributed by atoms with van der Waals surface area (Å²) in [6.07, 6.45) is 0. The fraction of sp³-hybridized carbons (Fsp3) is 0. The Morgan fingerprint density at radius 1 is 0.327 bits per heavy atom. The van der Waals surface area contributed by atoms with Crippen LogP contribution in [-0.4, -0.2) is 4.57 Å². The van der Waals surface area contributed by atoms with E-state index >= 15 is 0 Å². The number of fused-ring (bicyclic) bond motifs is 6. The molecule has 0 saturated carbocycles. The maximum absolute atomic E-state index is 2.44. The Bertz CT molecular complexity index is 2830. The molecule has 0 aliphatic rings. The Kier molecular flexibility index (Phi) is 7.18. The van der Waals surface area contributed by atoms with Gasteiger partial charge in [0.2, 0.25) is 0 Å². The number of anilines is 3. The molecule has 10 rings (SSSR count). The highest BCUT2D eigenvalue weighted by atomic mass is 15.1. The number of hydrogen-bond acceptors (Lipinski definition) is 1. The maximum atomic E-state index is 2.44. The van der Waals surface area contributed by atoms with E-state index in [0.29, 0.717) is 0 Å². The quantitative estimate of drug-likeness (QED) is 0.161. The van der Waals surface area contributed by atoms with E-state index in [0.717, 1.165) is 22.7 Å². The van der Waals surface area contributed by atoms with Gasteiger partial charge in [-0.15, -0.1) is 0 Å². The van der Waals surface area contributed by atoms with Crippen LogP contribution in [0.15, 0.2) is 206 Å². The van der Waals surface area contributed by atoms with Crippen molar-refractivity contribution in [3.05, 3.63) is 206 Å². The molecule has 1 heterocycles. The lowest BCUT2D eigenvalue weighted by molar-refractivity contribution is 1.17. The number of para-hydroxylation sites is 2. The van der Waals surface area contributed by atoms with Crippen molar-refractivity contribution in [1.82, 2.24) is 4.57 Å². The van der Waals surface area contributed by atoms with Crippen LogP contribution in [0.4, 0.5) is 17.1 Å². The number of hydrogen-bond donors (Lipinski definition) is 0. The van der Waals surface area contributed by atoms with E-state index in [9.17, 15) is 0 Å². The van der Waals surface area contributed by atoms with Crippen LogP contribution in [0.25, 0.3) is 71.3 Å². The van der Waals surface area contributed by atoms with Crippen LogP contribution in [0.2, 0.25) is 0 Å². The lowest BCUT2D eigenvalue weighted by Gasteiger charge is -2.29. The zero-order chi connectivity index (χ0) is 34.4. The normalized spacial score (nSPS) is 11.5. The van der Waals surface area contributed by atoms with Crippen molar-refractivity contribution < 1.29 is 0 Å². The first kappa shape index (κ1) is 30.0. The van der Waals surface area contributed by atoms with Crippen LogP contribution in [0.1, 0.15) is 0 Å². The van der Waals surface area contributed by atoms with E-state index in [1.165, 1.54) is 65.6 Å². The van der Waals surface area contributed by atoms with Crippen molar-refractivity contribution in [1.29, 1.82) is 0 Å². The van der Waals surface area contributed by atoms with E-state index in [1.54, 1.807) is 0 Å². The van der Waals surface area contributed by atoms with Gasteiger partial charge in [-0.3, -0.25) is 0 Å². The van der Waals surface area contributed by atoms with E-state index in [2.05, 4.69) is 216 Å². The van der Waals surface area contributed by atoms with Crippen LogP contribution in [-0.2, 0) is 0 Å². The van der Waals surface area contributed by atoms with Gasteiger partial charge in [-0.25, -0.2) is 0 Å². The third-order valence-electron chi connectivity index (χ3n) is 10.4. The highest BCUT2D eigenvalue weighted by Gasteiger charge is 2.20. The molecule has 1 aromatic heterocycles. The molecule has 9 aromatic carbocycles. The van der Waals surface area contributed by atoms with Crippen molar-refractivity contribution in [2.45, 2.75) is 0 Å². The smallest absolute Gasteiger partial charge is 0.0546 e.